The molecule has 0 saturated carbocycles. The number of halogens is 1. The van der Waals surface area contributed by atoms with Crippen molar-refractivity contribution in [2.75, 3.05) is 5.75 Å². The molecule has 3 rings (SSSR count). The summed E-state index contributed by atoms with van der Waals surface area (Å²) < 4.78 is 1.09. The van der Waals surface area contributed by atoms with Crippen molar-refractivity contribution < 1.29 is 0 Å². The third-order valence-electron chi connectivity index (χ3n) is 3.27. The minimum Gasteiger partial charge on any atom is -0.323 e. The van der Waals surface area contributed by atoms with Crippen LogP contribution in [0.3, 0.4) is 0 Å². The van der Waals surface area contributed by atoms with Crippen molar-refractivity contribution in [1.29, 1.82) is 0 Å². The monoisotopic (exact) mass is 358 g/mol. The smallest absolute Gasteiger partial charge is 0.0702 e. The Morgan fingerprint density at radius 2 is 1.95 bits per heavy atom. The molecule has 4 heteroatoms. The molecule has 1 unspecified atom stereocenters. The van der Waals surface area contributed by atoms with Gasteiger partial charge in [0, 0.05) is 32.7 Å². The van der Waals surface area contributed by atoms with Crippen molar-refractivity contribution in [3.8, 4) is 0 Å². The van der Waals surface area contributed by atoms with E-state index in [0.29, 0.717) is 0 Å². The highest BCUT2D eigenvalue weighted by molar-refractivity contribution is 9.10. The van der Waals surface area contributed by atoms with E-state index in [0.717, 1.165) is 26.7 Å². The van der Waals surface area contributed by atoms with Crippen LogP contribution in [-0.4, -0.2) is 10.7 Å². The van der Waals surface area contributed by atoms with Crippen LogP contribution < -0.4 is 5.73 Å². The highest BCUT2D eigenvalue weighted by Gasteiger charge is 2.08. The maximum atomic E-state index is 6.30. The summed E-state index contributed by atoms with van der Waals surface area (Å²) in [6.07, 6.45) is 1.88. The molecule has 2 aromatic carbocycles. The van der Waals surface area contributed by atoms with Gasteiger partial charge in [0.25, 0.3) is 0 Å². The van der Waals surface area contributed by atoms with Crippen LogP contribution in [-0.2, 0) is 0 Å². The fourth-order valence-electron chi connectivity index (χ4n) is 2.13. The zero-order chi connectivity index (χ0) is 14.7. The van der Waals surface area contributed by atoms with Gasteiger partial charge in [-0.3, -0.25) is 4.98 Å². The Bertz CT molecular complexity index is 760. The predicted molar refractivity (Wildman–Crippen MR) is 93.5 cm³/mol. The van der Waals surface area contributed by atoms with Crippen LogP contribution in [0.25, 0.3) is 10.9 Å². The first kappa shape index (κ1) is 14.6. The van der Waals surface area contributed by atoms with Crippen molar-refractivity contribution in [3.05, 3.63) is 70.8 Å². The van der Waals surface area contributed by atoms with E-state index in [-0.39, 0.29) is 6.04 Å². The Morgan fingerprint density at radius 3 is 2.81 bits per heavy atom. The number of para-hydroxylation sites is 1. The molecule has 2 N–H and O–H groups in total. The Morgan fingerprint density at radius 1 is 1.10 bits per heavy atom. The third-order valence-corrected chi connectivity index (χ3v) is 4.87. The molecule has 0 amide bonds. The summed E-state index contributed by atoms with van der Waals surface area (Å²) in [5.74, 6) is 0.830. The maximum absolute atomic E-state index is 6.30. The highest BCUT2D eigenvalue weighted by Crippen LogP contribution is 2.26. The van der Waals surface area contributed by atoms with Crippen molar-refractivity contribution in [1.82, 2.24) is 4.98 Å². The summed E-state index contributed by atoms with van der Waals surface area (Å²) in [7, 11) is 0. The quantitative estimate of drug-likeness (QED) is 0.681. The SMILES string of the molecule is NC(CSc1cccc(Br)c1)c1cnc2ccccc2c1. The molecule has 0 aliphatic heterocycles. The summed E-state index contributed by atoms with van der Waals surface area (Å²) in [6.45, 7) is 0. The van der Waals surface area contributed by atoms with Crippen LogP contribution >= 0.6 is 27.7 Å². The van der Waals surface area contributed by atoms with E-state index in [1.165, 1.54) is 4.90 Å². The number of pyridine rings is 1. The van der Waals surface area contributed by atoms with E-state index >= 15 is 0 Å². The maximum Gasteiger partial charge on any atom is 0.0702 e. The van der Waals surface area contributed by atoms with Gasteiger partial charge < -0.3 is 5.73 Å². The Balaban J connectivity index is 1.73. The molecule has 21 heavy (non-hydrogen) atoms. The molecule has 0 radical (unpaired) electrons. The lowest BCUT2D eigenvalue weighted by Crippen LogP contribution is -2.13. The first-order valence-electron chi connectivity index (χ1n) is 6.71. The molecule has 1 heterocycles. The standard InChI is InChI=1S/C17H15BrN2S/c18-14-5-3-6-15(9-14)21-11-16(19)13-8-12-4-1-2-7-17(12)20-10-13/h1-10,16H,11,19H2. The summed E-state index contributed by atoms with van der Waals surface area (Å²) in [6, 6.07) is 18.5. The number of benzene rings is 2. The molecule has 0 aliphatic rings. The van der Waals surface area contributed by atoms with Crippen LogP contribution in [0.5, 0.6) is 0 Å². The average molecular weight is 359 g/mol. The number of hydrogen-bond donors (Lipinski definition) is 1. The van der Waals surface area contributed by atoms with Crippen molar-refractivity contribution in [2.45, 2.75) is 10.9 Å². The van der Waals surface area contributed by atoms with Gasteiger partial charge in [-0.25, -0.2) is 0 Å². The lowest BCUT2D eigenvalue weighted by Gasteiger charge is -2.12. The second kappa shape index (κ2) is 6.60. The van der Waals surface area contributed by atoms with E-state index in [2.05, 4.69) is 45.2 Å². The van der Waals surface area contributed by atoms with Gasteiger partial charge in [-0.1, -0.05) is 40.2 Å². The van der Waals surface area contributed by atoms with E-state index in [9.17, 15) is 0 Å². The molecule has 1 aromatic heterocycles. The van der Waals surface area contributed by atoms with Gasteiger partial charge in [-0.15, -0.1) is 11.8 Å². The van der Waals surface area contributed by atoms with Crippen LogP contribution in [0.1, 0.15) is 11.6 Å². The molecule has 0 spiro atoms. The van der Waals surface area contributed by atoms with Crippen molar-refractivity contribution >= 4 is 38.6 Å². The second-order valence-electron chi connectivity index (χ2n) is 4.84. The summed E-state index contributed by atoms with van der Waals surface area (Å²) >= 11 is 5.25. The first-order chi connectivity index (χ1) is 10.2. The van der Waals surface area contributed by atoms with Gasteiger partial charge in [-0.2, -0.15) is 0 Å². The van der Waals surface area contributed by atoms with E-state index in [1.54, 1.807) is 11.8 Å². The number of thioether (sulfide) groups is 1. The molecular formula is C17H15BrN2S. The van der Waals surface area contributed by atoms with Crippen molar-refractivity contribution in [3.63, 3.8) is 0 Å². The van der Waals surface area contributed by atoms with Crippen LogP contribution in [0, 0.1) is 0 Å². The molecule has 0 bridgehead atoms. The normalized spacial score (nSPS) is 12.5. The fourth-order valence-corrected chi connectivity index (χ4v) is 3.63. The number of nitrogens with zero attached hydrogens (tertiary/aromatic N) is 1. The van der Waals surface area contributed by atoms with Crippen LogP contribution in [0.2, 0.25) is 0 Å². The Labute approximate surface area is 136 Å². The third kappa shape index (κ3) is 3.64. The van der Waals surface area contributed by atoms with E-state index < -0.39 is 0 Å². The van der Waals surface area contributed by atoms with Crippen molar-refractivity contribution in [2.24, 2.45) is 5.73 Å². The first-order valence-corrected chi connectivity index (χ1v) is 8.49. The molecule has 0 saturated heterocycles. The number of aromatic nitrogens is 1. The molecule has 0 aliphatic carbocycles. The van der Waals surface area contributed by atoms with Crippen LogP contribution in [0.4, 0.5) is 0 Å². The minimum atomic E-state index is -0.0221. The average Bonchev–Trinajstić information content (AvgIpc) is 2.52. The predicted octanol–water partition coefficient (Wildman–Crippen LogP) is 4.79. The molecule has 106 valence electrons. The Hall–Kier alpha value is -1.36. The minimum absolute atomic E-state index is 0.0221. The van der Waals surface area contributed by atoms with Crippen LogP contribution in [0.15, 0.2) is 70.2 Å². The van der Waals surface area contributed by atoms with Gasteiger partial charge in [0.05, 0.1) is 5.52 Å². The lowest BCUT2D eigenvalue weighted by molar-refractivity contribution is 0.827. The molecule has 3 aromatic rings. The summed E-state index contributed by atoms with van der Waals surface area (Å²) in [4.78, 5) is 5.69. The number of fused-ring (bicyclic) bond motifs is 1. The van der Waals surface area contributed by atoms with Gasteiger partial charge in [0.1, 0.15) is 0 Å². The van der Waals surface area contributed by atoms with Gasteiger partial charge in [0.15, 0.2) is 0 Å². The van der Waals surface area contributed by atoms with E-state index in [4.69, 9.17) is 5.73 Å². The number of nitrogens with two attached hydrogens (primary N) is 1. The second-order valence-corrected chi connectivity index (χ2v) is 6.85. The summed E-state index contributed by atoms with van der Waals surface area (Å²) in [5, 5.41) is 1.14. The lowest BCUT2D eigenvalue weighted by atomic mass is 10.1. The fraction of sp³-hybridized carbons (Fsp3) is 0.118. The Kier molecular flexibility index (Phi) is 4.58. The van der Waals surface area contributed by atoms with E-state index in [1.807, 2.05) is 36.5 Å². The molecule has 2 nitrogen and oxygen atoms in total. The summed E-state index contributed by atoms with van der Waals surface area (Å²) in [5.41, 5.74) is 8.39. The molecule has 1 atom stereocenters. The molecular weight excluding hydrogens is 344 g/mol. The number of hydrogen-bond acceptors (Lipinski definition) is 3. The van der Waals surface area contributed by atoms with Gasteiger partial charge >= 0.3 is 0 Å². The largest absolute Gasteiger partial charge is 0.323 e. The zero-order valence-corrected chi connectivity index (χ0v) is 13.8. The highest BCUT2D eigenvalue weighted by atomic mass is 79.9. The van der Waals surface area contributed by atoms with Gasteiger partial charge in [0.2, 0.25) is 0 Å². The number of rotatable bonds is 4. The molecule has 0 fully saturated rings. The van der Waals surface area contributed by atoms with Gasteiger partial charge in [-0.05, 0) is 35.9 Å². The zero-order valence-electron chi connectivity index (χ0n) is 11.4. The topological polar surface area (TPSA) is 38.9 Å².